The van der Waals surface area contributed by atoms with Gasteiger partial charge in [0.15, 0.2) is 11.7 Å². The summed E-state index contributed by atoms with van der Waals surface area (Å²) in [6.07, 6.45) is 1.45. The van der Waals surface area contributed by atoms with Gasteiger partial charge in [0.25, 0.3) is 0 Å². The summed E-state index contributed by atoms with van der Waals surface area (Å²) in [4.78, 5) is 42.1. The lowest BCUT2D eigenvalue weighted by molar-refractivity contribution is -0.143. The Morgan fingerprint density at radius 1 is 1.20 bits per heavy atom. The molecule has 0 saturated heterocycles. The first-order valence-corrected chi connectivity index (χ1v) is 11.7. The molecule has 0 bridgehead atoms. The van der Waals surface area contributed by atoms with E-state index >= 15 is 0 Å². The van der Waals surface area contributed by atoms with E-state index in [0.29, 0.717) is 0 Å². The van der Waals surface area contributed by atoms with Gasteiger partial charge in [-0.05, 0) is 30.5 Å². The molecule has 3 heterocycles. The third kappa shape index (κ3) is 5.75. The molecule has 2 amide bonds. The predicted molar refractivity (Wildman–Crippen MR) is 124 cm³/mol. The lowest BCUT2D eigenvalue weighted by Crippen LogP contribution is -2.46. The number of nitrogens with one attached hydrogen (secondary N) is 2. The van der Waals surface area contributed by atoms with Crippen LogP contribution in [0.2, 0.25) is 0 Å². The molecule has 0 spiro atoms. The Morgan fingerprint density at radius 2 is 2.03 bits per heavy atom. The molecule has 1 aliphatic rings. The Bertz CT molecular complexity index is 1250. The summed E-state index contributed by atoms with van der Waals surface area (Å²) in [6.45, 7) is 1.49. The number of ether oxygens (including phenoxy) is 2. The maximum absolute atomic E-state index is 13.9. The van der Waals surface area contributed by atoms with Gasteiger partial charge in [-0.15, -0.1) is 11.3 Å². The highest BCUT2D eigenvalue weighted by atomic mass is 32.1. The average molecular weight is 500 g/mol. The number of aromatic nitrogens is 1. The van der Waals surface area contributed by atoms with E-state index in [1.54, 1.807) is 37.3 Å². The van der Waals surface area contributed by atoms with Crippen LogP contribution in [0.25, 0.3) is 11.3 Å². The van der Waals surface area contributed by atoms with Crippen LogP contribution in [0.1, 0.15) is 30.2 Å². The first-order chi connectivity index (χ1) is 17.0. The fraction of sp³-hybridized carbons (Fsp3) is 0.250. The van der Waals surface area contributed by atoms with Gasteiger partial charge < -0.3 is 24.5 Å². The molecule has 1 aromatic carbocycles. The zero-order valence-electron chi connectivity index (χ0n) is 18.7. The van der Waals surface area contributed by atoms with Crippen LogP contribution in [-0.2, 0) is 25.5 Å². The Morgan fingerprint density at radius 3 is 2.77 bits per heavy atom. The number of nitrogens with zero attached hydrogens (tertiary/aromatic N) is 1. The highest BCUT2D eigenvalue weighted by molar-refractivity contribution is 7.10. The van der Waals surface area contributed by atoms with Gasteiger partial charge in [0.05, 0.1) is 42.1 Å². The van der Waals surface area contributed by atoms with E-state index < -0.39 is 29.8 Å². The van der Waals surface area contributed by atoms with E-state index in [1.807, 2.05) is 5.38 Å². The van der Waals surface area contributed by atoms with Crippen molar-refractivity contribution in [2.45, 2.75) is 25.8 Å². The molecule has 1 aliphatic heterocycles. The third-order valence-electron chi connectivity index (χ3n) is 5.09. The highest BCUT2D eigenvalue weighted by Crippen LogP contribution is 2.31. The minimum Gasteiger partial charge on any atom is -0.463 e. The Labute approximate surface area is 203 Å². The molecule has 2 N–H and O–H groups in total. The van der Waals surface area contributed by atoms with Gasteiger partial charge in [-0.2, -0.15) is 0 Å². The van der Waals surface area contributed by atoms with Gasteiger partial charge in [-0.3, -0.25) is 4.79 Å². The van der Waals surface area contributed by atoms with Crippen molar-refractivity contribution in [3.05, 3.63) is 75.8 Å². The van der Waals surface area contributed by atoms with Crippen LogP contribution in [0.3, 0.4) is 0 Å². The quantitative estimate of drug-likeness (QED) is 0.429. The van der Waals surface area contributed by atoms with Gasteiger partial charge in [-0.25, -0.2) is 19.0 Å². The number of benzene rings is 1. The molecule has 0 unspecified atom stereocenters. The summed E-state index contributed by atoms with van der Waals surface area (Å²) in [5, 5.41) is 7.08. The Balaban J connectivity index is 1.42. The SMILES string of the molecule is CCOC(=O)C1=C(COC(=O)CCc2ncc(-c3ccccc3F)o2)NC(=O)N[C@@H]1c1cccs1. The monoisotopic (exact) mass is 499 g/mol. The van der Waals surface area contributed by atoms with Crippen LogP contribution in [-0.4, -0.2) is 36.2 Å². The fourth-order valence-electron chi connectivity index (χ4n) is 3.50. The van der Waals surface area contributed by atoms with Crippen molar-refractivity contribution in [2.24, 2.45) is 0 Å². The third-order valence-corrected chi connectivity index (χ3v) is 6.03. The Hall–Kier alpha value is -3.99. The summed E-state index contributed by atoms with van der Waals surface area (Å²) >= 11 is 1.37. The zero-order valence-corrected chi connectivity index (χ0v) is 19.5. The van der Waals surface area contributed by atoms with Crippen LogP contribution in [0.15, 0.2) is 63.7 Å². The number of urea groups is 1. The maximum atomic E-state index is 13.9. The number of amides is 2. The number of carbonyl (C=O) groups excluding carboxylic acids is 3. The summed E-state index contributed by atoms with van der Waals surface area (Å²) in [6, 6.07) is 8.48. The minimum absolute atomic E-state index is 0.0696. The lowest BCUT2D eigenvalue weighted by Gasteiger charge is -2.28. The topological polar surface area (TPSA) is 120 Å². The van der Waals surface area contributed by atoms with Crippen LogP contribution in [0.5, 0.6) is 0 Å². The molecule has 0 radical (unpaired) electrons. The largest absolute Gasteiger partial charge is 0.463 e. The molecule has 3 aromatic rings. The van der Waals surface area contributed by atoms with Crippen molar-refractivity contribution >= 4 is 29.3 Å². The van der Waals surface area contributed by atoms with Crippen LogP contribution >= 0.6 is 11.3 Å². The van der Waals surface area contributed by atoms with E-state index in [0.717, 1.165) is 4.88 Å². The summed E-state index contributed by atoms with van der Waals surface area (Å²) in [5.74, 6) is -1.14. The maximum Gasteiger partial charge on any atom is 0.338 e. The van der Waals surface area contributed by atoms with E-state index in [9.17, 15) is 18.8 Å². The summed E-state index contributed by atoms with van der Waals surface area (Å²) in [7, 11) is 0. The molecule has 0 aliphatic carbocycles. The normalized spacial score (nSPS) is 15.4. The molecule has 35 heavy (non-hydrogen) atoms. The van der Waals surface area contributed by atoms with Gasteiger partial charge >= 0.3 is 18.0 Å². The number of carbonyl (C=O) groups is 3. The van der Waals surface area contributed by atoms with E-state index in [1.165, 1.54) is 23.6 Å². The van der Waals surface area contributed by atoms with Crippen molar-refractivity contribution in [1.29, 1.82) is 0 Å². The molecule has 4 rings (SSSR count). The van der Waals surface area contributed by atoms with Gasteiger partial charge in [-0.1, -0.05) is 18.2 Å². The number of rotatable bonds is 9. The lowest BCUT2D eigenvalue weighted by atomic mass is 10.0. The molecule has 0 fully saturated rings. The molecular formula is C24H22FN3O6S. The number of thiophene rings is 1. The smallest absolute Gasteiger partial charge is 0.338 e. The van der Waals surface area contributed by atoms with Crippen molar-refractivity contribution in [2.75, 3.05) is 13.2 Å². The second-order valence-electron chi connectivity index (χ2n) is 7.42. The van der Waals surface area contributed by atoms with Gasteiger partial charge in [0, 0.05) is 11.3 Å². The molecule has 9 nitrogen and oxygen atoms in total. The van der Waals surface area contributed by atoms with Gasteiger partial charge in [0.1, 0.15) is 12.4 Å². The highest BCUT2D eigenvalue weighted by Gasteiger charge is 2.34. The number of oxazole rings is 1. The zero-order chi connectivity index (χ0) is 24.8. The summed E-state index contributed by atoms with van der Waals surface area (Å²) < 4.78 is 29.9. The first kappa shape index (κ1) is 24.1. The standard InChI is InChI=1S/C24H22FN3O6S/c1-2-32-23(30)21-16(27-24(31)28-22(21)18-8-5-11-35-18)13-33-20(29)10-9-19-26-12-17(34-19)14-6-3-4-7-15(14)25/h3-8,11-12,22H,2,9-10,13H2,1H3,(H2,27,28,31)/t22-/m1/s1. The van der Waals surface area contributed by atoms with Gasteiger partial charge in [0.2, 0.25) is 0 Å². The molecule has 1 atom stereocenters. The molecule has 0 saturated carbocycles. The second kappa shape index (κ2) is 11.0. The van der Waals surface area contributed by atoms with E-state index in [4.69, 9.17) is 13.9 Å². The average Bonchev–Trinajstić information content (AvgIpc) is 3.54. The number of aryl methyl sites for hydroxylation is 1. The van der Waals surface area contributed by atoms with Crippen LogP contribution in [0.4, 0.5) is 9.18 Å². The van der Waals surface area contributed by atoms with Crippen molar-refractivity contribution in [3.63, 3.8) is 0 Å². The number of hydrogen-bond donors (Lipinski definition) is 2. The predicted octanol–water partition coefficient (Wildman–Crippen LogP) is 3.89. The molecular weight excluding hydrogens is 477 g/mol. The van der Waals surface area contributed by atoms with Crippen molar-refractivity contribution in [1.82, 2.24) is 15.6 Å². The number of halogens is 1. The fourth-order valence-corrected chi connectivity index (χ4v) is 4.28. The molecule has 182 valence electrons. The molecule has 2 aromatic heterocycles. The van der Waals surface area contributed by atoms with E-state index in [2.05, 4.69) is 15.6 Å². The second-order valence-corrected chi connectivity index (χ2v) is 8.40. The van der Waals surface area contributed by atoms with E-state index in [-0.39, 0.29) is 54.5 Å². The summed E-state index contributed by atoms with van der Waals surface area (Å²) in [5.41, 5.74) is 0.593. The van der Waals surface area contributed by atoms with Crippen molar-refractivity contribution < 1.29 is 32.7 Å². The number of esters is 2. The number of hydrogen-bond acceptors (Lipinski definition) is 8. The molecule has 11 heteroatoms. The van der Waals surface area contributed by atoms with Crippen molar-refractivity contribution in [3.8, 4) is 11.3 Å². The van der Waals surface area contributed by atoms with Crippen LogP contribution in [0, 0.1) is 5.82 Å². The Kier molecular flexibility index (Phi) is 7.56. The van der Waals surface area contributed by atoms with Crippen LogP contribution < -0.4 is 10.6 Å². The minimum atomic E-state index is -0.722. The first-order valence-electron chi connectivity index (χ1n) is 10.8.